The van der Waals surface area contributed by atoms with Gasteiger partial charge in [-0.25, -0.2) is 0 Å². The Balaban J connectivity index is 1.60. The van der Waals surface area contributed by atoms with Gasteiger partial charge in [-0.2, -0.15) is 0 Å². The highest BCUT2D eigenvalue weighted by molar-refractivity contribution is 5.71. The van der Waals surface area contributed by atoms with E-state index < -0.39 is 0 Å². The number of fused-ring (bicyclic) bond motifs is 6. The van der Waals surface area contributed by atoms with E-state index in [2.05, 4.69) is 87.1 Å². The molecule has 1 aliphatic rings. The van der Waals surface area contributed by atoms with Crippen molar-refractivity contribution in [3.63, 3.8) is 0 Å². The first-order chi connectivity index (χ1) is 19.9. The fourth-order valence-corrected chi connectivity index (χ4v) is 5.27. The highest BCUT2D eigenvalue weighted by atomic mass is 16.3. The van der Waals surface area contributed by atoms with Crippen molar-refractivity contribution >= 4 is 22.7 Å². The van der Waals surface area contributed by atoms with E-state index in [-0.39, 0.29) is 10.8 Å². The molecule has 0 saturated heterocycles. The number of benzene rings is 4. The van der Waals surface area contributed by atoms with Gasteiger partial charge in [0, 0.05) is 48.4 Å². The smallest absolute Gasteiger partial charge is 0.125 e. The number of anilines is 4. The Kier molecular flexibility index (Phi) is 8.00. The van der Waals surface area contributed by atoms with Crippen LogP contribution < -0.4 is 21.3 Å². The number of hydrogen-bond donors (Lipinski definition) is 6. The molecule has 6 N–H and O–H groups in total. The summed E-state index contributed by atoms with van der Waals surface area (Å²) in [6.45, 7) is 15.0. The molecule has 42 heavy (non-hydrogen) atoms. The van der Waals surface area contributed by atoms with E-state index in [1.165, 1.54) is 11.1 Å². The highest BCUT2D eigenvalue weighted by Crippen LogP contribution is 2.36. The molecular weight excluding hydrogens is 520 g/mol. The summed E-state index contributed by atoms with van der Waals surface area (Å²) in [6, 6.07) is 24.5. The van der Waals surface area contributed by atoms with E-state index in [1.54, 1.807) is 0 Å². The van der Waals surface area contributed by atoms with E-state index in [0.29, 0.717) is 37.7 Å². The summed E-state index contributed by atoms with van der Waals surface area (Å²) in [4.78, 5) is 0. The topological polar surface area (TPSA) is 88.6 Å². The predicted octanol–water partition coefficient (Wildman–Crippen LogP) is 8.45. The van der Waals surface area contributed by atoms with Crippen LogP contribution in [0.15, 0.2) is 72.8 Å². The number of hydrogen-bond acceptors (Lipinski definition) is 6. The SMILES string of the molecule is CC(C)(C)c1cc2c(O)c(c1)CNc1ccccc1NCc1cc(C(C)(C)C)cc(c1O)CNc1ccccc1NC2. The predicted molar refractivity (Wildman–Crippen MR) is 176 cm³/mol. The van der Waals surface area contributed by atoms with Crippen LogP contribution in [-0.2, 0) is 37.0 Å². The maximum Gasteiger partial charge on any atom is 0.125 e. The first-order valence-corrected chi connectivity index (χ1v) is 14.7. The molecule has 0 spiro atoms. The Bertz CT molecular complexity index is 1370. The Hall–Kier alpha value is -4.32. The third kappa shape index (κ3) is 6.43. The van der Waals surface area contributed by atoms with Crippen LogP contribution in [-0.4, -0.2) is 10.2 Å². The zero-order valence-electron chi connectivity index (χ0n) is 25.7. The van der Waals surface area contributed by atoms with Gasteiger partial charge in [0.2, 0.25) is 0 Å². The Morgan fingerprint density at radius 2 is 0.690 bits per heavy atom. The fourth-order valence-electron chi connectivity index (χ4n) is 5.27. The Morgan fingerprint density at radius 1 is 0.452 bits per heavy atom. The molecule has 5 rings (SSSR count). The van der Waals surface area contributed by atoms with Crippen molar-refractivity contribution in [2.75, 3.05) is 21.3 Å². The van der Waals surface area contributed by atoms with Crippen molar-refractivity contribution in [3.05, 3.63) is 106 Å². The van der Waals surface area contributed by atoms with Gasteiger partial charge >= 0.3 is 0 Å². The van der Waals surface area contributed by atoms with Crippen LogP contribution in [0.1, 0.15) is 74.9 Å². The second-order valence-corrected chi connectivity index (χ2v) is 13.3. The van der Waals surface area contributed by atoms with Crippen molar-refractivity contribution in [3.8, 4) is 11.5 Å². The number of rotatable bonds is 0. The molecule has 0 aromatic heterocycles. The second-order valence-electron chi connectivity index (χ2n) is 13.3. The molecule has 6 heteroatoms. The molecule has 0 saturated carbocycles. The van der Waals surface area contributed by atoms with Crippen molar-refractivity contribution in [2.24, 2.45) is 0 Å². The molecule has 1 aliphatic heterocycles. The summed E-state index contributed by atoms with van der Waals surface area (Å²) in [5, 5.41) is 37.0. The van der Waals surface area contributed by atoms with Gasteiger partial charge in [-0.1, -0.05) is 65.8 Å². The average Bonchev–Trinajstić information content (AvgIpc) is 2.94. The maximum absolute atomic E-state index is 11.4. The van der Waals surface area contributed by atoms with E-state index in [1.807, 2.05) is 48.5 Å². The van der Waals surface area contributed by atoms with Crippen LogP contribution >= 0.6 is 0 Å². The summed E-state index contributed by atoms with van der Waals surface area (Å²) < 4.78 is 0. The standard InChI is InChI=1S/C36H44N4O2/c1-35(2,3)27-15-23-19-37-29-11-7-9-13-31(29)39-21-25-17-28(36(4,5)6)18-26(34(25)42)22-40-32-14-10-8-12-30(32)38-20-24(16-27)33(23)41/h7-18,37-42H,19-22H2,1-6H3. The van der Waals surface area contributed by atoms with E-state index in [4.69, 9.17) is 0 Å². The Labute approximate surface area is 250 Å². The molecule has 4 aromatic carbocycles. The lowest BCUT2D eigenvalue weighted by atomic mass is 9.84. The van der Waals surface area contributed by atoms with E-state index >= 15 is 0 Å². The normalized spacial score (nSPS) is 14.0. The molecule has 0 aliphatic carbocycles. The van der Waals surface area contributed by atoms with Gasteiger partial charge in [0.1, 0.15) is 11.5 Å². The third-order valence-electron chi connectivity index (χ3n) is 8.00. The number of phenolic OH excluding ortho intramolecular Hbond substituents is 2. The molecule has 0 atom stereocenters. The van der Waals surface area contributed by atoms with Crippen molar-refractivity contribution in [1.29, 1.82) is 0 Å². The summed E-state index contributed by atoms with van der Waals surface area (Å²) >= 11 is 0. The maximum atomic E-state index is 11.4. The summed E-state index contributed by atoms with van der Waals surface area (Å²) in [7, 11) is 0. The first-order valence-electron chi connectivity index (χ1n) is 14.7. The quantitative estimate of drug-likeness (QED) is 0.128. The van der Waals surface area contributed by atoms with Crippen molar-refractivity contribution < 1.29 is 10.2 Å². The van der Waals surface area contributed by atoms with Crippen LogP contribution in [0.2, 0.25) is 0 Å². The summed E-state index contributed by atoms with van der Waals surface area (Å²) in [5.41, 5.74) is 9.31. The van der Waals surface area contributed by atoms with E-state index in [0.717, 1.165) is 45.0 Å². The van der Waals surface area contributed by atoms with Crippen LogP contribution in [0, 0.1) is 0 Å². The minimum absolute atomic E-state index is 0.0756. The Morgan fingerprint density at radius 3 is 0.905 bits per heavy atom. The number of phenols is 2. The molecule has 6 nitrogen and oxygen atoms in total. The largest absolute Gasteiger partial charge is 0.507 e. The highest BCUT2D eigenvalue weighted by Gasteiger charge is 2.21. The zero-order valence-corrected chi connectivity index (χ0v) is 25.7. The minimum Gasteiger partial charge on any atom is -0.507 e. The van der Waals surface area contributed by atoms with Gasteiger partial charge in [0.25, 0.3) is 0 Å². The van der Waals surface area contributed by atoms with Crippen LogP contribution in [0.25, 0.3) is 0 Å². The van der Waals surface area contributed by atoms with E-state index in [9.17, 15) is 10.2 Å². The van der Waals surface area contributed by atoms with Crippen molar-refractivity contribution in [1.82, 2.24) is 0 Å². The van der Waals surface area contributed by atoms with Crippen LogP contribution in [0.3, 0.4) is 0 Å². The third-order valence-corrected chi connectivity index (χ3v) is 8.00. The summed E-state index contributed by atoms with van der Waals surface area (Å²) in [5.74, 6) is 0.601. The molecule has 0 unspecified atom stereocenters. The van der Waals surface area contributed by atoms with Gasteiger partial charge in [-0.3, -0.25) is 0 Å². The fraction of sp³-hybridized carbons (Fsp3) is 0.333. The molecule has 4 bridgehead atoms. The lowest BCUT2D eigenvalue weighted by molar-refractivity contribution is 0.460. The molecular formula is C36H44N4O2. The zero-order chi connectivity index (χ0) is 30.1. The van der Waals surface area contributed by atoms with Gasteiger partial charge in [-0.15, -0.1) is 0 Å². The van der Waals surface area contributed by atoms with Crippen molar-refractivity contribution in [2.45, 2.75) is 78.6 Å². The van der Waals surface area contributed by atoms with Gasteiger partial charge in [0.05, 0.1) is 22.7 Å². The number of para-hydroxylation sites is 4. The second kappa shape index (κ2) is 11.5. The van der Waals surface area contributed by atoms with Gasteiger partial charge < -0.3 is 31.5 Å². The number of nitrogens with one attached hydrogen (secondary N) is 4. The summed E-state index contributed by atoms with van der Waals surface area (Å²) in [6.07, 6.45) is 0. The molecule has 4 aromatic rings. The van der Waals surface area contributed by atoms with Gasteiger partial charge in [0.15, 0.2) is 0 Å². The molecule has 220 valence electrons. The molecule has 0 fully saturated rings. The monoisotopic (exact) mass is 564 g/mol. The average molecular weight is 565 g/mol. The lowest BCUT2D eigenvalue weighted by Gasteiger charge is -2.25. The first kappa shape index (κ1) is 29.2. The number of aromatic hydroxyl groups is 2. The lowest BCUT2D eigenvalue weighted by Crippen LogP contribution is -2.15. The van der Waals surface area contributed by atoms with Crippen LogP contribution in [0.4, 0.5) is 22.7 Å². The molecule has 0 amide bonds. The molecule has 0 radical (unpaired) electrons. The van der Waals surface area contributed by atoms with Gasteiger partial charge in [-0.05, 0) is 70.5 Å². The minimum atomic E-state index is -0.0756. The van der Waals surface area contributed by atoms with Crippen LogP contribution in [0.5, 0.6) is 11.5 Å². The molecule has 1 heterocycles.